The standard InChI is InChI=1S/C15H30N2O/c1-5-16-10-6-11-17-12-9-13(15(2,3)4)7-8-14(17)18/h13,16H,5-12H2,1-4H3. The Kier molecular flexibility index (Phi) is 6.13. The van der Waals surface area contributed by atoms with Crippen molar-refractivity contribution in [2.75, 3.05) is 26.2 Å². The van der Waals surface area contributed by atoms with E-state index >= 15 is 0 Å². The first-order valence-corrected chi connectivity index (χ1v) is 7.43. The van der Waals surface area contributed by atoms with Crippen LogP contribution in [0.3, 0.4) is 0 Å². The van der Waals surface area contributed by atoms with Gasteiger partial charge >= 0.3 is 0 Å². The summed E-state index contributed by atoms with van der Waals surface area (Å²) in [6.45, 7) is 12.9. The third kappa shape index (κ3) is 4.97. The maximum absolute atomic E-state index is 12.1. The molecule has 106 valence electrons. The fourth-order valence-electron chi connectivity index (χ4n) is 2.71. The molecule has 1 aliphatic heterocycles. The van der Waals surface area contributed by atoms with Crippen LogP contribution in [0, 0.1) is 11.3 Å². The fraction of sp³-hybridized carbons (Fsp3) is 0.933. The number of carbonyl (C=O) groups excluding carboxylic acids is 1. The largest absolute Gasteiger partial charge is 0.343 e. The molecule has 0 aromatic rings. The molecule has 1 N–H and O–H groups in total. The van der Waals surface area contributed by atoms with Gasteiger partial charge in [-0.3, -0.25) is 4.79 Å². The van der Waals surface area contributed by atoms with Crippen molar-refractivity contribution < 1.29 is 4.79 Å². The molecular formula is C15H30N2O. The van der Waals surface area contributed by atoms with Gasteiger partial charge in [-0.05, 0) is 43.7 Å². The number of carbonyl (C=O) groups is 1. The summed E-state index contributed by atoms with van der Waals surface area (Å²) in [5.74, 6) is 1.04. The van der Waals surface area contributed by atoms with Gasteiger partial charge < -0.3 is 10.2 Å². The van der Waals surface area contributed by atoms with Crippen molar-refractivity contribution in [3.63, 3.8) is 0 Å². The smallest absolute Gasteiger partial charge is 0.222 e. The van der Waals surface area contributed by atoms with Gasteiger partial charge in [-0.15, -0.1) is 0 Å². The van der Waals surface area contributed by atoms with Gasteiger partial charge in [0.05, 0.1) is 0 Å². The number of nitrogens with zero attached hydrogens (tertiary/aromatic N) is 1. The molecule has 1 saturated heterocycles. The molecule has 1 heterocycles. The average Bonchev–Trinajstić information content (AvgIpc) is 2.47. The Morgan fingerprint density at radius 1 is 1.33 bits per heavy atom. The minimum absolute atomic E-state index is 0.333. The van der Waals surface area contributed by atoms with E-state index in [0.717, 1.165) is 51.9 Å². The first kappa shape index (κ1) is 15.5. The Balaban J connectivity index is 2.39. The normalized spacial score (nSPS) is 22.1. The van der Waals surface area contributed by atoms with Crippen LogP contribution in [0.4, 0.5) is 0 Å². The Morgan fingerprint density at radius 3 is 2.67 bits per heavy atom. The van der Waals surface area contributed by atoms with E-state index in [1.165, 1.54) is 0 Å². The average molecular weight is 254 g/mol. The molecule has 0 radical (unpaired) electrons. The van der Waals surface area contributed by atoms with Crippen LogP contribution in [0.25, 0.3) is 0 Å². The number of nitrogens with one attached hydrogen (secondary N) is 1. The molecule has 3 nitrogen and oxygen atoms in total. The molecule has 0 spiro atoms. The first-order chi connectivity index (χ1) is 8.45. The summed E-state index contributed by atoms with van der Waals surface area (Å²) in [6.07, 6.45) is 4.03. The quantitative estimate of drug-likeness (QED) is 0.765. The van der Waals surface area contributed by atoms with Crippen molar-refractivity contribution >= 4 is 5.91 Å². The van der Waals surface area contributed by atoms with Gasteiger partial charge in [-0.25, -0.2) is 0 Å². The SMILES string of the molecule is CCNCCCN1CCC(C(C)(C)C)CCC1=O. The minimum atomic E-state index is 0.333. The van der Waals surface area contributed by atoms with E-state index in [1.807, 2.05) is 0 Å². The van der Waals surface area contributed by atoms with Crippen LogP contribution in [0.2, 0.25) is 0 Å². The second-order valence-corrected chi connectivity index (χ2v) is 6.48. The van der Waals surface area contributed by atoms with Gasteiger partial charge in [0.25, 0.3) is 0 Å². The topological polar surface area (TPSA) is 32.3 Å². The Bertz CT molecular complexity index is 258. The zero-order valence-corrected chi connectivity index (χ0v) is 12.6. The van der Waals surface area contributed by atoms with Crippen molar-refractivity contribution in [1.82, 2.24) is 10.2 Å². The molecule has 0 bridgehead atoms. The van der Waals surface area contributed by atoms with Crippen LogP contribution >= 0.6 is 0 Å². The number of rotatable bonds is 5. The van der Waals surface area contributed by atoms with Crippen LogP contribution in [-0.2, 0) is 4.79 Å². The van der Waals surface area contributed by atoms with E-state index in [2.05, 4.69) is 37.9 Å². The van der Waals surface area contributed by atoms with Gasteiger partial charge in [-0.2, -0.15) is 0 Å². The predicted molar refractivity (Wildman–Crippen MR) is 76.5 cm³/mol. The zero-order chi connectivity index (χ0) is 13.6. The minimum Gasteiger partial charge on any atom is -0.343 e. The lowest BCUT2D eigenvalue weighted by Crippen LogP contribution is -2.33. The van der Waals surface area contributed by atoms with Crippen LogP contribution in [0.1, 0.15) is 53.4 Å². The summed E-state index contributed by atoms with van der Waals surface area (Å²) in [7, 11) is 0. The summed E-state index contributed by atoms with van der Waals surface area (Å²) in [6, 6.07) is 0. The molecule has 1 unspecified atom stereocenters. The van der Waals surface area contributed by atoms with E-state index in [4.69, 9.17) is 0 Å². The molecule has 1 fully saturated rings. The number of hydrogen-bond donors (Lipinski definition) is 1. The highest BCUT2D eigenvalue weighted by Gasteiger charge is 2.29. The summed E-state index contributed by atoms with van der Waals surface area (Å²) < 4.78 is 0. The van der Waals surface area contributed by atoms with Crippen molar-refractivity contribution in [1.29, 1.82) is 0 Å². The first-order valence-electron chi connectivity index (χ1n) is 7.43. The maximum Gasteiger partial charge on any atom is 0.222 e. The van der Waals surface area contributed by atoms with E-state index in [1.54, 1.807) is 0 Å². The monoisotopic (exact) mass is 254 g/mol. The Morgan fingerprint density at radius 2 is 2.06 bits per heavy atom. The van der Waals surface area contributed by atoms with Gasteiger partial charge in [0.2, 0.25) is 5.91 Å². The second-order valence-electron chi connectivity index (χ2n) is 6.48. The van der Waals surface area contributed by atoms with Crippen LogP contribution in [-0.4, -0.2) is 37.0 Å². The second kappa shape index (κ2) is 7.13. The van der Waals surface area contributed by atoms with E-state index in [-0.39, 0.29) is 0 Å². The highest BCUT2D eigenvalue weighted by molar-refractivity contribution is 5.76. The third-order valence-corrected chi connectivity index (χ3v) is 4.06. The molecule has 0 aliphatic carbocycles. The number of likely N-dealkylation sites (tertiary alicyclic amines) is 1. The fourth-order valence-corrected chi connectivity index (χ4v) is 2.71. The molecular weight excluding hydrogens is 224 g/mol. The maximum atomic E-state index is 12.1. The van der Waals surface area contributed by atoms with E-state index < -0.39 is 0 Å². The Labute approximate surface area is 112 Å². The predicted octanol–water partition coefficient (Wildman–Crippen LogP) is 2.66. The molecule has 1 amide bonds. The van der Waals surface area contributed by atoms with Gasteiger partial charge in [0, 0.05) is 19.5 Å². The molecule has 1 atom stereocenters. The van der Waals surface area contributed by atoms with Gasteiger partial charge in [0.15, 0.2) is 0 Å². The lowest BCUT2D eigenvalue weighted by molar-refractivity contribution is -0.130. The van der Waals surface area contributed by atoms with Gasteiger partial charge in [0.1, 0.15) is 0 Å². The number of hydrogen-bond acceptors (Lipinski definition) is 2. The molecule has 1 rings (SSSR count). The van der Waals surface area contributed by atoms with E-state index in [9.17, 15) is 4.79 Å². The summed E-state index contributed by atoms with van der Waals surface area (Å²) in [5.41, 5.74) is 0.333. The zero-order valence-electron chi connectivity index (χ0n) is 12.6. The van der Waals surface area contributed by atoms with Crippen molar-refractivity contribution in [2.45, 2.75) is 53.4 Å². The lowest BCUT2D eigenvalue weighted by atomic mass is 9.77. The Hall–Kier alpha value is -0.570. The summed E-state index contributed by atoms with van der Waals surface area (Å²) in [5, 5.41) is 3.31. The van der Waals surface area contributed by atoms with Crippen LogP contribution in [0.5, 0.6) is 0 Å². The molecule has 3 heteroatoms. The molecule has 0 saturated carbocycles. The highest BCUT2D eigenvalue weighted by atomic mass is 16.2. The highest BCUT2D eigenvalue weighted by Crippen LogP contribution is 2.34. The van der Waals surface area contributed by atoms with Crippen LogP contribution < -0.4 is 5.32 Å². The van der Waals surface area contributed by atoms with Crippen molar-refractivity contribution in [2.24, 2.45) is 11.3 Å². The number of amides is 1. The van der Waals surface area contributed by atoms with Crippen molar-refractivity contribution in [3.05, 3.63) is 0 Å². The lowest BCUT2D eigenvalue weighted by Gasteiger charge is -2.29. The van der Waals surface area contributed by atoms with Crippen LogP contribution in [0.15, 0.2) is 0 Å². The third-order valence-electron chi connectivity index (χ3n) is 4.06. The summed E-state index contributed by atoms with van der Waals surface area (Å²) >= 11 is 0. The van der Waals surface area contributed by atoms with Gasteiger partial charge in [-0.1, -0.05) is 27.7 Å². The van der Waals surface area contributed by atoms with Crippen molar-refractivity contribution in [3.8, 4) is 0 Å². The molecule has 18 heavy (non-hydrogen) atoms. The molecule has 0 aromatic carbocycles. The molecule has 1 aliphatic rings. The molecule has 0 aromatic heterocycles. The summed E-state index contributed by atoms with van der Waals surface area (Å²) in [4.78, 5) is 14.1. The van der Waals surface area contributed by atoms with E-state index in [0.29, 0.717) is 17.2 Å².